The molecule has 1 aromatic rings. The van der Waals surface area contributed by atoms with E-state index < -0.39 is 0 Å². The van der Waals surface area contributed by atoms with Gasteiger partial charge in [-0.15, -0.1) is 0 Å². The van der Waals surface area contributed by atoms with Gasteiger partial charge in [0, 0.05) is 11.1 Å². The molecule has 2 nitrogen and oxygen atoms in total. The summed E-state index contributed by atoms with van der Waals surface area (Å²) in [7, 11) is 0. The Morgan fingerprint density at radius 3 is 2.38 bits per heavy atom. The van der Waals surface area contributed by atoms with Gasteiger partial charge in [-0.05, 0) is 19.1 Å². The van der Waals surface area contributed by atoms with Crippen molar-refractivity contribution in [3.63, 3.8) is 0 Å². The van der Waals surface area contributed by atoms with Gasteiger partial charge in [0.15, 0.2) is 5.82 Å². The van der Waals surface area contributed by atoms with Crippen molar-refractivity contribution >= 4 is 6.08 Å². The van der Waals surface area contributed by atoms with Gasteiger partial charge in [0.1, 0.15) is 0 Å². The van der Waals surface area contributed by atoms with Crippen LogP contribution in [-0.2, 0) is 5.41 Å². The van der Waals surface area contributed by atoms with Crippen LogP contribution in [0.4, 0.5) is 0 Å². The van der Waals surface area contributed by atoms with E-state index in [1.165, 1.54) is 0 Å². The summed E-state index contributed by atoms with van der Waals surface area (Å²) in [5.41, 5.74) is 2.13. The van der Waals surface area contributed by atoms with E-state index in [0.717, 1.165) is 11.4 Å². The van der Waals surface area contributed by atoms with Gasteiger partial charge in [-0.3, -0.25) is 0 Å². The predicted molar refractivity (Wildman–Crippen MR) is 55.6 cm³/mol. The summed E-state index contributed by atoms with van der Waals surface area (Å²) in [6.45, 7) is 12.1. The minimum atomic E-state index is 0.0749. The maximum absolute atomic E-state index is 4.39. The first-order chi connectivity index (χ1) is 5.93. The van der Waals surface area contributed by atoms with Crippen molar-refractivity contribution in [2.75, 3.05) is 0 Å². The second-order valence-electron chi connectivity index (χ2n) is 4.21. The molecule has 0 atom stereocenters. The van der Waals surface area contributed by atoms with Crippen LogP contribution in [0.25, 0.3) is 6.08 Å². The first-order valence-electron chi connectivity index (χ1n) is 4.42. The standard InChI is InChI=1S/C11H16N2/c1-6-10-12-8(2)7-9(13-10)11(3,4)5/h6-7H,1H2,2-5H3. The molecule has 0 amide bonds. The predicted octanol–water partition coefficient (Wildman–Crippen LogP) is 2.73. The Bertz CT molecular complexity index is 321. The number of rotatable bonds is 1. The summed E-state index contributed by atoms with van der Waals surface area (Å²) in [6, 6.07) is 2.02. The molecule has 0 bridgehead atoms. The number of hydrogen-bond acceptors (Lipinski definition) is 2. The lowest BCUT2D eigenvalue weighted by atomic mass is 9.91. The second-order valence-corrected chi connectivity index (χ2v) is 4.21. The maximum Gasteiger partial charge on any atom is 0.151 e. The van der Waals surface area contributed by atoms with Crippen LogP contribution in [0.5, 0.6) is 0 Å². The average molecular weight is 176 g/mol. The molecular formula is C11H16N2. The van der Waals surface area contributed by atoms with Gasteiger partial charge in [0.05, 0.1) is 5.69 Å². The number of aryl methyl sites for hydroxylation is 1. The van der Waals surface area contributed by atoms with Gasteiger partial charge < -0.3 is 0 Å². The Hall–Kier alpha value is -1.18. The second kappa shape index (κ2) is 3.29. The molecular weight excluding hydrogens is 160 g/mol. The van der Waals surface area contributed by atoms with Crippen molar-refractivity contribution in [2.24, 2.45) is 0 Å². The van der Waals surface area contributed by atoms with Crippen molar-refractivity contribution in [1.29, 1.82) is 0 Å². The number of hydrogen-bond donors (Lipinski definition) is 0. The summed E-state index contributed by atoms with van der Waals surface area (Å²) < 4.78 is 0. The zero-order chi connectivity index (χ0) is 10.1. The highest BCUT2D eigenvalue weighted by molar-refractivity contribution is 5.37. The maximum atomic E-state index is 4.39. The highest BCUT2D eigenvalue weighted by atomic mass is 14.9. The monoisotopic (exact) mass is 176 g/mol. The Kier molecular flexibility index (Phi) is 2.50. The smallest absolute Gasteiger partial charge is 0.151 e. The molecule has 70 valence electrons. The van der Waals surface area contributed by atoms with E-state index in [9.17, 15) is 0 Å². The molecule has 1 heterocycles. The molecule has 0 fully saturated rings. The number of aromatic nitrogens is 2. The van der Waals surface area contributed by atoms with Crippen molar-refractivity contribution in [1.82, 2.24) is 9.97 Å². The molecule has 0 saturated carbocycles. The van der Waals surface area contributed by atoms with E-state index in [4.69, 9.17) is 0 Å². The molecule has 1 aromatic heterocycles. The fourth-order valence-corrected chi connectivity index (χ4v) is 1.07. The van der Waals surface area contributed by atoms with Gasteiger partial charge in [0.25, 0.3) is 0 Å². The van der Waals surface area contributed by atoms with Crippen molar-refractivity contribution in [3.05, 3.63) is 29.9 Å². The zero-order valence-corrected chi connectivity index (χ0v) is 8.76. The molecule has 0 unspecified atom stereocenters. The highest BCUT2D eigenvalue weighted by Gasteiger charge is 2.16. The largest absolute Gasteiger partial charge is 0.234 e. The van der Waals surface area contributed by atoms with Gasteiger partial charge in [-0.1, -0.05) is 27.4 Å². The molecule has 0 saturated heterocycles. The van der Waals surface area contributed by atoms with E-state index in [-0.39, 0.29) is 5.41 Å². The fourth-order valence-electron chi connectivity index (χ4n) is 1.07. The Morgan fingerprint density at radius 2 is 1.92 bits per heavy atom. The summed E-state index contributed by atoms with van der Waals surface area (Å²) in [6.07, 6.45) is 1.68. The normalized spacial score (nSPS) is 11.4. The third-order valence-corrected chi connectivity index (χ3v) is 1.82. The molecule has 0 aliphatic rings. The lowest BCUT2D eigenvalue weighted by Crippen LogP contribution is -2.15. The van der Waals surface area contributed by atoms with Crippen LogP contribution >= 0.6 is 0 Å². The van der Waals surface area contributed by atoms with Crippen LogP contribution in [0, 0.1) is 6.92 Å². The first-order valence-corrected chi connectivity index (χ1v) is 4.42. The summed E-state index contributed by atoms with van der Waals surface area (Å²) in [4.78, 5) is 8.63. The topological polar surface area (TPSA) is 25.8 Å². The molecule has 0 spiro atoms. The molecule has 0 aliphatic heterocycles. The zero-order valence-electron chi connectivity index (χ0n) is 8.76. The van der Waals surface area contributed by atoms with Crippen LogP contribution in [0.15, 0.2) is 12.6 Å². The van der Waals surface area contributed by atoms with E-state index in [1.54, 1.807) is 6.08 Å². The summed E-state index contributed by atoms with van der Waals surface area (Å²) >= 11 is 0. The third kappa shape index (κ3) is 2.38. The van der Waals surface area contributed by atoms with Crippen molar-refractivity contribution < 1.29 is 0 Å². The van der Waals surface area contributed by atoms with Crippen molar-refractivity contribution in [2.45, 2.75) is 33.1 Å². The minimum absolute atomic E-state index is 0.0749. The highest BCUT2D eigenvalue weighted by Crippen LogP contribution is 2.20. The molecule has 0 aliphatic carbocycles. The van der Waals surface area contributed by atoms with E-state index in [1.807, 2.05) is 13.0 Å². The van der Waals surface area contributed by atoms with Crippen LogP contribution in [0.3, 0.4) is 0 Å². The summed E-state index contributed by atoms with van der Waals surface area (Å²) in [5, 5.41) is 0. The third-order valence-electron chi connectivity index (χ3n) is 1.82. The van der Waals surface area contributed by atoms with Crippen LogP contribution < -0.4 is 0 Å². The van der Waals surface area contributed by atoms with Crippen molar-refractivity contribution in [3.8, 4) is 0 Å². The lowest BCUT2D eigenvalue weighted by Gasteiger charge is -2.18. The Balaban J connectivity index is 3.24. The molecule has 13 heavy (non-hydrogen) atoms. The first kappa shape index (κ1) is 9.90. The molecule has 0 aromatic carbocycles. The van der Waals surface area contributed by atoms with Gasteiger partial charge in [-0.2, -0.15) is 0 Å². The van der Waals surface area contributed by atoms with Crippen LogP contribution in [0.1, 0.15) is 38.0 Å². The quantitative estimate of drug-likeness (QED) is 0.657. The van der Waals surface area contributed by atoms with E-state index >= 15 is 0 Å². The minimum Gasteiger partial charge on any atom is -0.234 e. The van der Waals surface area contributed by atoms with E-state index in [0.29, 0.717) is 5.82 Å². The Labute approximate surface area is 79.7 Å². The van der Waals surface area contributed by atoms with Crippen LogP contribution in [0.2, 0.25) is 0 Å². The Morgan fingerprint density at radius 1 is 1.31 bits per heavy atom. The SMILES string of the molecule is C=Cc1nc(C)cc(C(C)(C)C)n1. The van der Waals surface area contributed by atoms with E-state index in [2.05, 4.69) is 37.3 Å². The molecule has 0 N–H and O–H groups in total. The molecule has 2 heteroatoms. The molecule has 1 rings (SSSR count). The lowest BCUT2D eigenvalue weighted by molar-refractivity contribution is 0.565. The fraction of sp³-hybridized carbons (Fsp3) is 0.455. The summed E-state index contributed by atoms with van der Waals surface area (Å²) in [5.74, 6) is 0.713. The number of nitrogens with zero attached hydrogens (tertiary/aromatic N) is 2. The average Bonchev–Trinajstić information content (AvgIpc) is 2.01. The van der Waals surface area contributed by atoms with Crippen LogP contribution in [-0.4, -0.2) is 9.97 Å². The van der Waals surface area contributed by atoms with Gasteiger partial charge in [-0.25, -0.2) is 9.97 Å². The molecule has 0 radical (unpaired) electrons. The van der Waals surface area contributed by atoms with Gasteiger partial charge in [0.2, 0.25) is 0 Å². The van der Waals surface area contributed by atoms with Gasteiger partial charge >= 0.3 is 0 Å².